The number of hydrogen-bond acceptors (Lipinski definition) is 22. The van der Waals surface area contributed by atoms with Crippen molar-refractivity contribution in [1.29, 1.82) is 0 Å². The van der Waals surface area contributed by atoms with Crippen LogP contribution >= 0.6 is 23.5 Å². The molecule has 0 aliphatic carbocycles. The van der Waals surface area contributed by atoms with Crippen LogP contribution in [0.5, 0.6) is 0 Å². The standard InChI is InChI=1S/C74H125N2O22P3/c1-51(2)25-15-26-52(3)27-16-28-53(4)29-17-30-54(5)31-18-32-55(6)33-19-34-56(7)35-20-36-57(8)37-21-38-58(9)39-22-40-59(10)41-23-42-60(11)43-24-44-61(12)45-46-91-100(87,88)98-101(89,90)97-74-68(76-63(14)81)69(83)71(65(48-78)94-74)95-73-67(75-62(13)80)70(84)72(66(49-79)93-73)96-99(85,86)92-50-64(82)47-77/h25,27,29,31,33,35,37,39,41,43,45,64-74,77-79,82-84H,15-24,26,28,30,32,34,36,38,40,42,44,46-50H2,1-14H3,(H,75,80)(H,76,81)(H,85,86)(H,87,88)(H,89,90)/p-3/b52-27+,53-29+,54-31-,55-33-,56-35-,57-37-,58-39-,59-41-,60-43-,61-45-/t64-,65-,66-,67-,68-,69-,70-,71-,72-,73+,74-/m1/s1. The van der Waals surface area contributed by atoms with Crippen molar-refractivity contribution < 1.29 is 105 Å². The van der Waals surface area contributed by atoms with Gasteiger partial charge in [-0.25, -0.2) is 4.31 Å². The minimum absolute atomic E-state index is 0.536. The highest BCUT2D eigenvalue weighted by molar-refractivity contribution is 7.59. The Morgan fingerprint density at radius 1 is 0.426 bits per heavy atom. The molecule has 3 unspecified atom stereocenters. The zero-order chi connectivity index (χ0) is 75.9. The van der Waals surface area contributed by atoms with E-state index in [0.29, 0.717) is 12.8 Å². The average molecular weight is 1480 g/mol. The van der Waals surface area contributed by atoms with E-state index < -0.39 is 136 Å². The summed E-state index contributed by atoms with van der Waals surface area (Å²) in [5.74, 6) is -1.78. The molecule has 0 aromatic heterocycles. The molecule has 2 rings (SSSR count). The number of carbonyl (C=O) groups excluding carboxylic acids is 2. The van der Waals surface area contributed by atoms with Crippen LogP contribution < -0.4 is 25.3 Å². The van der Waals surface area contributed by atoms with Crippen molar-refractivity contribution in [3.63, 3.8) is 0 Å². The molecule has 2 heterocycles. The van der Waals surface area contributed by atoms with E-state index >= 15 is 0 Å². The molecule has 24 nitrogen and oxygen atoms in total. The first-order chi connectivity index (χ1) is 47.5. The number of phosphoric ester groups is 3. The molecule has 14 atom stereocenters. The van der Waals surface area contributed by atoms with E-state index in [-0.39, 0.29) is 0 Å². The quantitative estimate of drug-likeness (QED) is 0.0207. The van der Waals surface area contributed by atoms with Crippen molar-refractivity contribution in [2.24, 2.45) is 0 Å². The summed E-state index contributed by atoms with van der Waals surface area (Å²) in [4.78, 5) is 63.1. The van der Waals surface area contributed by atoms with Crippen LogP contribution in [0.4, 0.5) is 0 Å². The van der Waals surface area contributed by atoms with Gasteiger partial charge in [0.25, 0.3) is 23.5 Å². The van der Waals surface area contributed by atoms with Crippen molar-refractivity contribution in [2.75, 3.05) is 33.0 Å². The van der Waals surface area contributed by atoms with E-state index in [0.717, 1.165) is 135 Å². The Balaban J connectivity index is 1.79. The van der Waals surface area contributed by atoms with Crippen molar-refractivity contribution in [3.05, 3.63) is 128 Å². The molecule has 0 aromatic carbocycles. The lowest BCUT2D eigenvalue weighted by Gasteiger charge is -2.49. The molecular weight excluding hydrogens is 1360 g/mol. The van der Waals surface area contributed by atoms with Gasteiger partial charge in [-0.3, -0.25) is 27.8 Å². The molecule has 0 spiro atoms. The second kappa shape index (κ2) is 49.8. The lowest BCUT2D eigenvalue weighted by molar-refractivity contribution is -0.333. The van der Waals surface area contributed by atoms with Crippen LogP contribution in [0.2, 0.25) is 0 Å². The Hall–Kier alpha value is -3.91. The van der Waals surface area contributed by atoms with Gasteiger partial charge in [0, 0.05) is 13.8 Å². The molecule has 0 saturated carbocycles. The minimum Gasteiger partial charge on any atom is -0.756 e. The third-order valence-corrected chi connectivity index (χ3v) is 20.6. The largest absolute Gasteiger partial charge is 0.756 e. The molecule has 0 aromatic rings. The van der Waals surface area contributed by atoms with Gasteiger partial charge in [0.05, 0.1) is 33.0 Å². The second-order valence-electron chi connectivity index (χ2n) is 27.2. The van der Waals surface area contributed by atoms with E-state index in [1.165, 1.54) is 61.8 Å². The summed E-state index contributed by atoms with van der Waals surface area (Å²) in [6, 6.07) is -3.77. The van der Waals surface area contributed by atoms with Gasteiger partial charge in [-0.1, -0.05) is 128 Å². The summed E-state index contributed by atoms with van der Waals surface area (Å²) in [5, 5.41) is 66.3. The highest BCUT2D eigenvalue weighted by Crippen LogP contribution is 2.57. The molecule has 2 aliphatic heterocycles. The molecule has 0 bridgehead atoms. The van der Waals surface area contributed by atoms with Crippen molar-refractivity contribution in [2.45, 2.75) is 293 Å². The van der Waals surface area contributed by atoms with E-state index in [1.807, 2.05) is 6.92 Å². The van der Waals surface area contributed by atoms with Gasteiger partial charge in [0.15, 0.2) is 12.6 Å². The summed E-state index contributed by atoms with van der Waals surface area (Å²) < 4.78 is 78.9. The van der Waals surface area contributed by atoms with Gasteiger partial charge in [0.1, 0.15) is 54.8 Å². The number of rotatable bonds is 49. The van der Waals surface area contributed by atoms with E-state index in [4.69, 9.17) is 32.9 Å². The highest BCUT2D eigenvalue weighted by atomic mass is 31.3. The Kier molecular flexibility index (Phi) is 45.9. The number of hydrogen-bond donors (Lipinski definition) is 8. The van der Waals surface area contributed by atoms with E-state index in [9.17, 15) is 63.5 Å². The van der Waals surface area contributed by atoms with Gasteiger partial charge < -0.3 is 83.7 Å². The maximum absolute atomic E-state index is 13.1. The molecule has 578 valence electrons. The first-order valence-electron chi connectivity index (χ1n) is 35.4. The summed E-state index contributed by atoms with van der Waals surface area (Å²) >= 11 is 0. The number of nitrogens with one attached hydrogen (secondary N) is 2. The third kappa shape index (κ3) is 41.5. The summed E-state index contributed by atoms with van der Waals surface area (Å²) in [5.41, 5.74) is 14.9. The maximum Gasteiger partial charge on any atom is 0.276 e. The first-order valence-corrected chi connectivity index (χ1v) is 39.7. The van der Waals surface area contributed by atoms with Gasteiger partial charge in [-0.05, 0) is 212 Å². The predicted octanol–water partition coefficient (Wildman–Crippen LogP) is 12.0. The molecule has 2 aliphatic rings. The number of amides is 2. The summed E-state index contributed by atoms with van der Waals surface area (Å²) in [7, 11) is -17.2. The fourth-order valence-corrected chi connectivity index (χ4v) is 14.1. The van der Waals surface area contributed by atoms with Gasteiger partial charge >= 0.3 is 0 Å². The van der Waals surface area contributed by atoms with Crippen LogP contribution in [0.25, 0.3) is 0 Å². The summed E-state index contributed by atoms with van der Waals surface area (Å²) in [6.45, 7) is 23.3. The molecule has 101 heavy (non-hydrogen) atoms. The average Bonchev–Trinajstić information content (AvgIpc) is 0.779. The van der Waals surface area contributed by atoms with Crippen LogP contribution in [0.3, 0.4) is 0 Å². The zero-order valence-electron chi connectivity index (χ0n) is 62.4. The Bertz CT molecular complexity index is 3030. The van der Waals surface area contributed by atoms with E-state index in [1.54, 1.807) is 6.92 Å². The Morgan fingerprint density at radius 2 is 0.733 bits per heavy atom. The van der Waals surface area contributed by atoms with Crippen LogP contribution in [0.1, 0.15) is 225 Å². The molecule has 2 amide bonds. The predicted molar refractivity (Wildman–Crippen MR) is 388 cm³/mol. The van der Waals surface area contributed by atoms with Gasteiger partial charge in [-0.2, -0.15) is 0 Å². The van der Waals surface area contributed by atoms with Crippen molar-refractivity contribution in [3.8, 4) is 0 Å². The maximum atomic E-state index is 13.1. The minimum atomic E-state index is -6.04. The lowest BCUT2D eigenvalue weighted by atomic mass is 9.94. The lowest BCUT2D eigenvalue weighted by Crippen LogP contribution is -2.69. The van der Waals surface area contributed by atoms with Gasteiger partial charge in [0.2, 0.25) is 11.8 Å². The monoisotopic (exact) mass is 1480 g/mol. The highest BCUT2D eigenvalue weighted by Gasteiger charge is 2.54. The number of allylic oxidation sites excluding steroid dienone is 21. The SMILES string of the molecule is CC(=O)N[C@H]1[C@@H](OP(=O)([O-])OP(=O)([O-])OC/C=C(/C)CC/C=C(/C)CC/C=C(/C)CC/C=C(/C)CC/C=C(/C)CC/C=C(/C)CC/C=C(/C)CC/C=C(/C)CC/C=C(\C)CC/C=C(\C)CCC=C(C)C)O[C@H](CO)[C@@H](O[C@@H]2O[C@H](CO)[C@@H](OP(=O)([O-])OC[C@H](O)CO)[C@H](O)[C@H]2NC(C)=O)[C@@H]1O. The van der Waals surface area contributed by atoms with Gasteiger partial charge in [-0.15, -0.1) is 0 Å². The number of carbonyl (C=O) groups is 2. The fraction of sp³-hybridized carbons (Fsp3) is 0.676. The fourth-order valence-electron chi connectivity index (χ4n) is 11.1. The van der Waals surface area contributed by atoms with Crippen molar-refractivity contribution in [1.82, 2.24) is 10.6 Å². The number of phosphoric acid groups is 3. The zero-order valence-corrected chi connectivity index (χ0v) is 65.1. The van der Waals surface area contributed by atoms with Crippen molar-refractivity contribution >= 4 is 35.3 Å². The second-order valence-corrected chi connectivity index (χ2v) is 31.5. The number of aliphatic hydroxyl groups is 6. The van der Waals surface area contributed by atoms with Crippen LogP contribution in [0.15, 0.2) is 128 Å². The normalized spacial score (nSPS) is 24.9. The molecule has 8 N–H and O–H groups in total. The molecule has 2 fully saturated rings. The van der Waals surface area contributed by atoms with Crippen LogP contribution in [-0.4, -0.2) is 143 Å². The topological polar surface area (TPSA) is 374 Å². The number of ether oxygens (including phenoxy) is 3. The summed E-state index contributed by atoms with van der Waals surface area (Å²) in [6.07, 6.45) is 27.5. The van der Waals surface area contributed by atoms with Crippen LogP contribution in [-0.2, 0) is 59.9 Å². The molecule has 27 heteroatoms. The van der Waals surface area contributed by atoms with E-state index in [2.05, 4.69) is 149 Å². The number of aliphatic hydroxyl groups excluding tert-OH is 6. The van der Waals surface area contributed by atoms with Crippen LogP contribution in [0, 0.1) is 0 Å². The Morgan fingerprint density at radius 3 is 1.06 bits per heavy atom. The Labute approximate surface area is 602 Å². The first kappa shape index (κ1) is 93.2. The molecule has 0 radical (unpaired) electrons. The molecule has 2 saturated heterocycles. The smallest absolute Gasteiger partial charge is 0.276 e. The third-order valence-electron chi connectivity index (χ3n) is 17.1. The molecular formula is C74H122N2O22P3-3.